The van der Waals surface area contributed by atoms with E-state index in [0.29, 0.717) is 6.61 Å². The Kier molecular flexibility index (Phi) is 30.8. The highest BCUT2D eigenvalue weighted by atomic mass is 16.2. The van der Waals surface area contributed by atoms with Crippen LogP contribution < -0.4 is 5.32 Å². The van der Waals surface area contributed by atoms with Crippen molar-refractivity contribution in [3.63, 3.8) is 0 Å². The molecule has 0 heterocycles. The Morgan fingerprint density at radius 3 is 0.875 bits per heavy atom. The summed E-state index contributed by atoms with van der Waals surface area (Å²) in [6.45, 7) is 5.14. The molecule has 0 spiro atoms. The van der Waals surface area contributed by atoms with Gasteiger partial charge in [0.05, 0.1) is 0 Å². The van der Waals surface area contributed by atoms with Crippen molar-refractivity contribution in [2.45, 2.75) is 174 Å². The molecule has 0 saturated carbocycles. The largest absolute Gasteiger partial charge is 0.396 e. The van der Waals surface area contributed by atoms with E-state index in [4.69, 9.17) is 5.11 Å². The van der Waals surface area contributed by atoms with E-state index in [0.717, 1.165) is 6.42 Å². The van der Waals surface area contributed by atoms with Gasteiger partial charge in [0, 0.05) is 6.61 Å². The minimum absolute atomic E-state index is 0.371. The molecule has 0 unspecified atom stereocenters. The third-order valence-corrected chi connectivity index (χ3v) is 6.97. The Bertz CT molecular complexity index is 277. The van der Waals surface area contributed by atoms with Gasteiger partial charge >= 0.3 is 0 Å². The lowest BCUT2D eigenvalue weighted by atomic mass is 10.0. The zero-order valence-electron chi connectivity index (χ0n) is 22.5. The Morgan fingerprint density at radius 1 is 0.344 bits per heavy atom. The molecule has 194 valence electrons. The standard InChI is InChI=1S/C30H63NO/c1-2-3-4-5-6-7-8-13-16-19-22-25-28-31-29-26-23-20-17-14-11-9-10-12-15-18-21-24-27-30-32/h31-32H,2-30H2,1H3. The molecule has 0 radical (unpaired) electrons. The van der Waals surface area contributed by atoms with Crippen molar-refractivity contribution in [1.29, 1.82) is 0 Å². The van der Waals surface area contributed by atoms with Gasteiger partial charge in [-0.15, -0.1) is 0 Å². The first kappa shape index (κ1) is 31.9. The summed E-state index contributed by atoms with van der Waals surface area (Å²) >= 11 is 0. The van der Waals surface area contributed by atoms with Crippen molar-refractivity contribution in [2.24, 2.45) is 0 Å². The van der Waals surface area contributed by atoms with Crippen molar-refractivity contribution >= 4 is 0 Å². The van der Waals surface area contributed by atoms with E-state index >= 15 is 0 Å². The van der Waals surface area contributed by atoms with Crippen LogP contribution >= 0.6 is 0 Å². The molecule has 0 amide bonds. The van der Waals surface area contributed by atoms with Gasteiger partial charge in [-0.25, -0.2) is 0 Å². The van der Waals surface area contributed by atoms with Gasteiger partial charge in [0.15, 0.2) is 0 Å². The van der Waals surface area contributed by atoms with Gasteiger partial charge in [-0.3, -0.25) is 0 Å². The number of unbranched alkanes of at least 4 members (excludes halogenated alkanes) is 24. The van der Waals surface area contributed by atoms with E-state index < -0.39 is 0 Å². The van der Waals surface area contributed by atoms with E-state index in [1.807, 2.05) is 0 Å². The van der Waals surface area contributed by atoms with Gasteiger partial charge in [0.1, 0.15) is 0 Å². The van der Waals surface area contributed by atoms with Crippen LogP contribution in [0, 0.1) is 0 Å². The molecule has 2 nitrogen and oxygen atoms in total. The van der Waals surface area contributed by atoms with Crippen LogP contribution in [0.15, 0.2) is 0 Å². The second-order valence-corrected chi connectivity index (χ2v) is 10.3. The molecule has 0 aliphatic rings. The first-order valence-corrected chi connectivity index (χ1v) is 15.2. The minimum Gasteiger partial charge on any atom is -0.396 e. The van der Waals surface area contributed by atoms with E-state index in [9.17, 15) is 0 Å². The van der Waals surface area contributed by atoms with E-state index in [-0.39, 0.29) is 0 Å². The molecule has 0 aliphatic carbocycles. The smallest absolute Gasteiger partial charge is 0.0431 e. The van der Waals surface area contributed by atoms with Crippen molar-refractivity contribution < 1.29 is 5.11 Å². The Hall–Kier alpha value is -0.0800. The molecular weight excluding hydrogens is 390 g/mol. The van der Waals surface area contributed by atoms with Crippen LogP contribution in [0.25, 0.3) is 0 Å². The Morgan fingerprint density at radius 2 is 0.594 bits per heavy atom. The molecule has 0 bridgehead atoms. The fourth-order valence-corrected chi connectivity index (χ4v) is 4.70. The van der Waals surface area contributed by atoms with Crippen LogP contribution in [0.3, 0.4) is 0 Å². The molecule has 2 N–H and O–H groups in total. The number of hydrogen-bond acceptors (Lipinski definition) is 2. The highest BCUT2D eigenvalue weighted by molar-refractivity contribution is 4.53. The van der Waals surface area contributed by atoms with Gasteiger partial charge in [0.25, 0.3) is 0 Å². The number of rotatable bonds is 29. The first-order chi connectivity index (χ1) is 15.9. The summed E-state index contributed by atoms with van der Waals surface area (Å²) in [5.74, 6) is 0. The SMILES string of the molecule is CCCCCCCCCCCCCCNCCCCCCCCCCCCCCCCO. The molecule has 0 aromatic heterocycles. The third kappa shape index (κ3) is 29.9. The summed E-state index contributed by atoms with van der Waals surface area (Å²) in [4.78, 5) is 0. The normalized spacial score (nSPS) is 11.4. The predicted molar refractivity (Wildman–Crippen MR) is 146 cm³/mol. The first-order valence-electron chi connectivity index (χ1n) is 15.2. The summed E-state index contributed by atoms with van der Waals surface area (Å²) in [6, 6.07) is 0. The van der Waals surface area contributed by atoms with Crippen molar-refractivity contribution in [2.75, 3.05) is 19.7 Å². The summed E-state index contributed by atoms with van der Waals surface area (Å²) in [7, 11) is 0. The van der Waals surface area contributed by atoms with E-state index in [1.165, 1.54) is 174 Å². The van der Waals surface area contributed by atoms with Crippen LogP contribution in [-0.2, 0) is 0 Å². The van der Waals surface area contributed by atoms with Crippen LogP contribution in [0.4, 0.5) is 0 Å². The predicted octanol–water partition coefficient (Wildman–Crippen LogP) is 9.73. The van der Waals surface area contributed by atoms with Crippen LogP contribution in [0.5, 0.6) is 0 Å². The number of nitrogens with one attached hydrogen (secondary N) is 1. The van der Waals surface area contributed by atoms with Crippen LogP contribution in [-0.4, -0.2) is 24.8 Å². The second-order valence-electron chi connectivity index (χ2n) is 10.3. The lowest BCUT2D eigenvalue weighted by Gasteiger charge is -2.06. The maximum Gasteiger partial charge on any atom is 0.0431 e. The lowest BCUT2D eigenvalue weighted by molar-refractivity contribution is 0.282. The zero-order valence-corrected chi connectivity index (χ0v) is 22.5. The van der Waals surface area contributed by atoms with Gasteiger partial charge in [-0.1, -0.05) is 155 Å². The lowest BCUT2D eigenvalue weighted by Crippen LogP contribution is -2.16. The maximum absolute atomic E-state index is 8.76. The fourth-order valence-electron chi connectivity index (χ4n) is 4.70. The summed E-state index contributed by atoms with van der Waals surface area (Å²) < 4.78 is 0. The van der Waals surface area contributed by atoms with Gasteiger partial charge in [-0.05, 0) is 32.4 Å². The second kappa shape index (κ2) is 30.9. The topological polar surface area (TPSA) is 32.3 Å². The summed E-state index contributed by atoms with van der Waals surface area (Å²) in [5.41, 5.74) is 0. The third-order valence-electron chi connectivity index (χ3n) is 6.97. The molecular formula is C30H63NO. The highest BCUT2D eigenvalue weighted by Crippen LogP contribution is 2.13. The van der Waals surface area contributed by atoms with Gasteiger partial charge in [-0.2, -0.15) is 0 Å². The highest BCUT2D eigenvalue weighted by Gasteiger charge is 1.96. The van der Waals surface area contributed by atoms with Crippen molar-refractivity contribution in [1.82, 2.24) is 5.32 Å². The van der Waals surface area contributed by atoms with E-state index in [2.05, 4.69) is 12.2 Å². The quantitative estimate of drug-likeness (QED) is 0.110. The van der Waals surface area contributed by atoms with Gasteiger partial charge in [0.2, 0.25) is 0 Å². The molecule has 0 aromatic carbocycles. The molecule has 32 heavy (non-hydrogen) atoms. The molecule has 0 saturated heterocycles. The van der Waals surface area contributed by atoms with Crippen LogP contribution in [0.1, 0.15) is 174 Å². The molecule has 0 aromatic rings. The van der Waals surface area contributed by atoms with E-state index in [1.54, 1.807) is 0 Å². The number of aliphatic hydroxyl groups excluding tert-OH is 1. The average molecular weight is 454 g/mol. The fraction of sp³-hybridized carbons (Fsp3) is 1.00. The molecule has 0 rings (SSSR count). The van der Waals surface area contributed by atoms with Gasteiger partial charge < -0.3 is 10.4 Å². The van der Waals surface area contributed by atoms with Crippen LogP contribution in [0.2, 0.25) is 0 Å². The monoisotopic (exact) mass is 453 g/mol. The minimum atomic E-state index is 0.371. The Labute approximate surface area is 204 Å². The number of hydrogen-bond donors (Lipinski definition) is 2. The molecule has 0 aliphatic heterocycles. The average Bonchev–Trinajstić information content (AvgIpc) is 2.81. The summed E-state index contributed by atoms with van der Waals surface area (Å²) in [6.07, 6.45) is 36.4. The van der Waals surface area contributed by atoms with Crippen molar-refractivity contribution in [3.8, 4) is 0 Å². The Balaban J connectivity index is 2.98. The zero-order chi connectivity index (χ0) is 23.2. The van der Waals surface area contributed by atoms with Crippen molar-refractivity contribution in [3.05, 3.63) is 0 Å². The maximum atomic E-state index is 8.76. The molecule has 2 heteroatoms. The molecule has 0 fully saturated rings. The molecule has 0 atom stereocenters. The summed E-state index contributed by atoms with van der Waals surface area (Å²) in [5, 5.41) is 12.4. The number of aliphatic hydroxyl groups is 1.